The van der Waals surface area contributed by atoms with E-state index in [2.05, 4.69) is 56.1 Å². The highest BCUT2D eigenvalue weighted by atomic mass is 16.2. The molecule has 2 aliphatic rings. The van der Waals surface area contributed by atoms with Gasteiger partial charge in [0.25, 0.3) is 5.91 Å². The fourth-order valence-corrected chi connectivity index (χ4v) is 4.39. The van der Waals surface area contributed by atoms with E-state index in [1.165, 1.54) is 11.1 Å². The summed E-state index contributed by atoms with van der Waals surface area (Å²) >= 11 is 0. The molecule has 4 rings (SSSR count). The molecule has 110 valence electrons. The van der Waals surface area contributed by atoms with Crippen LogP contribution in [0.4, 0.5) is 0 Å². The van der Waals surface area contributed by atoms with Crippen LogP contribution >= 0.6 is 0 Å². The minimum atomic E-state index is -0.451. The van der Waals surface area contributed by atoms with Crippen LogP contribution in [0, 0.1) is 5.92 Å². The molecule has 0 saturated carbocycles. The second kappa shape index (κ2) is 4.10. The zero-order valence-electron chi connectivity index (χ0n) is 12.9. The first-order valence-electron chi connectivity index (χ1n) is 7.71. The molecule has 2 heteroatoms. The second-order valence-electron chi connectivity index (χ2n) is 6.56. The molecular formula is C20H19NO. The molecule has 0 bridgehead atoms. The second-order valence-corrected chi connectivity index (χ2v) is 6.56. The molecule has 1 aliphatic heterocycles. The molecule has 0 aromatic heterocycles. The number of amides is 1. The Morgan fingerprint density at radius 1 is 1.05 bits per heavy atom. The van der Waals surface area contributed by atoms with Gasteiger partial charge in [-0.25, -0.2) is 0 Å². The largest absolute Gasteiger partial charge is 0.338 e. The summed E-state index contributed by atoms with van der Waals surface area (Å²) < 4.78 is 0. The molecular weight excluding hydrogens is 270 g/mol. The van der Waals surface area contributed by atoms with Crippen molar-refractivity contribution >= 4 is 5.91 Å². The third kappa shape index (κ3) is 1.29. The fourth-order valence-electron chi connectivity index (χ4n) is 4.39. The zero-order chi connectivity index (χ0) is 15.5. The van der Waals surface area contributed by atoms with Gasteiger partial charge in [-0.2, -0.15) is 0 Å². The van der Waals surface area contributed by atoms with Gasteiger partial charge in [0.05, 0.1) is 5.54 Å². The van der Waals surface area contributed by atoms with Crippen molar-refractivity contribution in [1.29, 1.82) is 0 Å². The number of hydrogen-bond acceptors (Lipinski definition) is 1. The maximum Gasteiger partial charge on any atom is 0.252 e. The van der Waals surface area contributed by atoms with E-state index in [1.54, 1.807) is 0 Å². The first kappa shape index (κ1) is 13.3. The fraction of sp³-hybridized carbons (Fsp3) is 0.250. The summed E-state index contributed by atoms with van der Waals surface area (Å²) in [5.74, 6) is 0.216. The van der Waals surface area contributed by atoms with Crippen LogP contribution in [-0.4, -0.2) is 5.91 Å². The number of hydrogen-bond donors (Lipinski definition) is 1. The van der Waals surface area contributed by atoms with E-state index in [4.69, 9.17) is 0 Å². The molecule has 0 unspecified atom stereocenters. The van der Waals surface area contributed by atoms with Crippen molar-refractivity contribution in [3.8, 4) is 0 Å². The van der Waals surface area contributed by atoms with Crippen LogP contribution in [-0.2, 0) is 11.0 Å². The summed E-state index contributed by atoms with van der Waals surface area (Å²) in [5.41, 5.74) is 3.72. The van der Waals surface area contributed by atoms with Gasteiger partial charge in [-0.05, 0) is 22.8 Å². The molecule has 2 aromatic rings. The van der Waals surface area contributed by atoms with E-state index in [9.17, 15) is 4.79 Å². The lowest BCUT2D eigenvalue weighted by Gasteiger charge is -2.36. The summed E-state index contributed by atoms with van der Waals surface area (Å²) in [6, 6.07) is 16.4. The Bertz CT molecular complexity index is 809. The molecule has 22 heavy (non-hydrogen) atoms. The topological polar surface area (TPSA) is 29.1 Å². The van der Waals surface area contributed by atoms with E-state index < -0.39 is 5.54 Å². The van der Waals surface area contributed by atoms with E-state index in [0.717, 1.165) is 11.1 Å². The Morgan fingerprint density at radius 2 is 1.64 bits per heavy atom. The van der Waals surface area contributed by atoms with Gasteiger partial charge in [0.15, 0.2) is 0 Å². The monoisotopic (exact) mass is 289 g/mol. The lowest BCUT2D eigenvalue weighted by atomic mass is 9.70. The smallest absolute Gasteiger partial charge is 0.252 e. The molecule has 1 heterocycles. The number of rotatable bonds is 1. The van der Waals surface area contributed by atoms with Crippen LogP contribution in [0.1, 0.15) is 40.9 Å². The minimum absolute atomic E-state index is 0.0190. The molecule has 0 fully saturated rings. The van der Waals surface area contributed by atoms with E-state index >= 15 is 0 Å². The number of fused-ring (bicyclic) bond motifs is 4. The van der Waals surface area contributed by atoms with Gasteiger partial charge in [-0.1, -0.05) is 62.4 Å². The van der Waals surface area contributed by atoms with Crippen LogP contribution in [0.25, 0.3) is 0 Å². The number of benzene rings is 2. The van der Waals surface area contributed by atoms with E-state index in [-0.39, 0.29) is 17.2 Å². The molecule has 1 aliphatic carbocycles. The number of nitrogens with one attached hydrogen (secondary N) is 1. The molecule has 0 radical (unpaired) electrons. The van der Waals surface area contributed by atoms with Gasteiger partial charge < -0.3 is 5.32 Å². The van der Waals surface area contributed by atoms with Crippen molar-refractivity contribution in [3.05, 3.63) is 83.4 Å². The van der Waals surface area contributed by atoms with Crippen LogP contribution in [0.5, 0.6) is 0 Å². The predicted octanol–water partition coefficient (Wildman–Crippen LogP) is 3.77. The number of allylic oxidation sites excluding steroid dienone is 1. The van der Waals surface area contributed by atoms with Gasteiger partial charge in [0.1, 0.15) is 0 Å². The average Bonchev–Trinajstić information content (AvgIpc) is 2.96. The Hall–Kier alpha value is -2.35. The van der Waals surface area contributed by atoms with Crippen LogP contribution in [0.3, 0.4) is 0 Å². The predicted molar refractivity (Wildman–Crippen MR) is 87.8 cm³/mol. The van der Waals surface area contributed by atoms with Crippen molar-refractivity contribution in [3.63, 3.8) is 0 Å². The SMILES string of the molecule is C=C[C@]1(C)c2ccccc2[C@]2(NC(=O)c3ccccc32)[C@H]1C. The van der Waals surface area contributed by atoms with Gasteiger partial charge in [-0.3, -0.25) is 4.79 Å². The highest BCUT2D eigenvalue weighted by Gasteiger charge is 2.59. The molecule has 2 aromatic carbocycles. The van der Waals surface area contributed by atoms with Crippen molar-refractivity contribution < 1.29 is 4.79 Å². The lowest BCUT2D eigenvalue weighted by Crippen LogP contribution is -2.46. The van der Waals surface area contributed by atoms with Crippen molar-refractivity contribution in [2.45, 2.75) is 24.8 Å². The molecule has 1 amide bonds. The van der Waals surface area contributed by atoms with Crippen LogP contribution < -0.4 is 5.32 Å². The van der Waals surface area contributed by atoms with Crippen LogP contribution in [0.15, 0.2) is 61.2 Å². The minimum Gasteiger partial charge on any atom is -0.338 e. The average molecular weight is 289 g/mol. The van der Waals surface area contributed by atoms with E-state index in [0.29, 0.717) is 0 Å². The third-order valence-corrected chi connectivity index (χ3v) is 5.81. The standard InChI is InChI=1S/C20H19NO/c1-4-19(3)13(2)20(17-12-8-7-11-16(17)19)15-10-6-5-9-14(15)18(22)21-20/h4-13H,1H2,2-3H3,(H,21,22)/t13-,19-,20-/m0/s1. The maximum absolute atomic E-state index is 12.5. The van der Waals surface area contributed by atoms with Gasteiger partial charge in [0.2, 0.25) is 0 Å². The zero-order valence-corrected chi connectivity index (χ0v) is 12.9. The first-order chi connectivity index (χ1) is 10.6. The molecule has 0 saturated heterocycles. The quantitative estimate of drug-likeness (QED) is 0.796. The molecule has 1 N–H and O–H groups in total. The molecule has 1 spiro atoms. The van der Waals surface area contributed by atoms with Crippen molar-refractivity contribution in [1.82, 2.24) is 5.32 Å². The Balaban J connectivity index is 2.10. The summed E-state index contributed by atoms with van der Waals surface area (Å²) in [7, 11) is 0. The van der Waals surface area contributed by atoms with Crippen LogP contribution in [0.2, 0.25) is 0 Å². The first-order valence-corrected chi connectivity index (χ1v) is 7.71. The van der Waals surface area contributed by atoms with Gasteiger partial charge in [-0.15, -0.1) is 6.58 Å². The Kier molecular flexibility index (Phi) is 2.48. The Morgan fingerprint density at radius 3 is 2.32 bits per heavy atom. The van der Waals surface area contributed by atoms with Gasteiger partial charge in [0, 0.05) is 16.9 Å². The van der Waals surface area contributed by atoms with Gasteiger partial charge >= 0.3 is 0 Å². The Labute approximate surface area is 130 Å². The van der Waals surface area contributed by atoms with Crippen molar-refractivity contribution in [2.24, 2.45) is 5.92 Å². The van der Waals surface area contributed by atoms with Crippen molar-refractivity contribution in [2.75, 3.05) is 0 Å². The summed E-state index contributed by atoms with van der Waals surface area (Å²) in [4.78, 5) is 12.5. The number of carbonyl (C=O) groups is 1. The molecule has 3 atom stereocenters. The summed E-state index contributed by atoms with van der Waals surface area (Å²) in [5, 5.41) is 3.30. The number of carbonyl (C=O) groups excluding carboxylic acids is 1. The van der Waals surface area contributed by atoms with E-state index in [1.807, 2.05) is 24.3 Å². The highest BCUT2D eigenvalue weighted by molar-refractivity contribution is 6.01. The maximum atomic E-state index is 12.5. The molecule has 2 nitrogen and oxygen atoms in total. The summed E-state index contributed by atoms with van der Waals surface area (Å²) in [6.45, 7) is 8.51. The lowest BCUT2D eigenvalue weighted by molar-refractivity contribution is 0.0918. The third-order valence-electron chi connectivity index (χ3n) is 5.81. The highest BCUT2D eigenvalue weighted by Crippen LogP contribution is 2.58. The normalized spacial score (nSPS) is 31.7. The summed E-state index contributed by atoms with van der Waals surface area (Å²) in [6.07, 6.45) is 2.03.